The summed E-state index contributed by atoms with van der Waals surface area (Å²) in [7, 11) is -0.791. The van der Waals surface area contributed by atoms with Crippen LogP contribution in [0.1, 0.15) is 47.7 Å². The summed E-state index contributed by atoms with van der Waals surface area (Å²) in [4.78, 5) is 15.6. The van der Waals surface area contributed by atoms with Crippen molar-refractivity contribution in [3.63, 3.8) is 0 Å². The normalized spacial score (nSPS) is 16.3. The van der Waals surface area contributed by atoms with Crippen LogP contribution in [0.15, 0.2) is 41.3 Å². The predicted octanol–water partition coefficient (Wildman–Crippen LogP) is 3.56. The molecule has 1 aliphatic rings. The Labute approximate surface area is 208 Å². The smallest absolute Gasteiger partial charge is 0.297 e. The van der Waals surface area contributed by atoms with E-state index in [1.165, 1.54) is 20.3 Å². The molecule has 1 amide bonds. The largest absolute Gasteiger partial charge is 0.493 e. The Bertz CT molecular complexity index is 1120. The van der Waals surface area contributed by atoms with Gasteiger partial charge in [0.2, 0.25) is 0 Å². The molecule has 8 nitrogen and oxygen atoms in total. The molecule has 0 aromatic heterocycles. The summed E-state index contributed by atoms with van der Waals surface area (Å²) in [5, 5.41) is 3.05. The average Bonchev–Trinajstić information content (AvgIpc) is 3.32. The van der Waals surface area contributed by atoms with E-state index in [0.717, 1.165) is 31.5 Å². The molecule has 3 rings (SSSR count). The monoisotopic (exact) mass is 504 g/mol. The molecular formula is C26H36N2O6S. The number of hydrogen-bond donors (Lipinski definition) is 1. The van der Waals surface area contributed by atoms with Gasteiger partial charge in [0.1, 0.15) is 0 Å². The molecule has 0 unspecified atom stereocenters. The van der Waals surface area contributed by atoms with Crippen molar-refractivity contribution in [3.05, 3.63) is 53.1 Å². The number of likely N-dealkylation sites (N-methyl/N-ethyl adjacent to an activating group) is 1. The molecule has 1 fully saturated rings. The third kappa shape index (κ3) is 6.74. The fourth-order valence-corrected chi connectivity index (χ4v) is 5.70. The van der Waals surface area contributed by atoms with Crippen LogP contribution in [0.25, 0.3) is 0 Å². The molecule has 1 N–H and O–H groups in total. The Morgan fingerprint density at radius 1 is 1.17 bits per heavy atom. The van der Waals surface area contributed by atoms with Crippen molar-refractivity contribution in [1.29, 1.82) is 0 Å². The first-order valence-electron chi connectivity index (χ1n) is 12.0. The molecule has 0 saturated carbocycles. The van der Waals surface area contributed by atoms with Crippen LogP contribution in [0.4, 0.5) is 0 Å². The third-order valence-electron chi connectivity index (χ3n) is 6.40. The van der Waals surface area contributed by atoms with Crippen LogP contribution in [0.3, 0.4) is 0 Å². The van der Waals surface area contributed by atoms with E-state index in [0.29, 0.717) is 48.1 Å². The minimum absolute atomic E-state index is 0.0288. The zero-order valence-corrected chi connectivity index (χ0v) is 21.8. The van der Waals surface area contributed by atoms with Crippen LogP contribution in [0, 0.1) is 6.92 Å². The van der Waals surface area contributed by atoms with Crippen molar-refractivity contribution in [2.24, 2.45) is 0 Å². The van der Waals surface area contributed by atoms with Gasteiger partial charge in [-0.05, 0) is 75.0 Å². The average molecular weight is 505 g/mol. The molecule has 35 heavy (non-hydrogen) atoms. The highest BCUT2D eigenvalue weighted by Gasteiger charge is 2.25. The molecule has 192 valence electrons. The van der Waals surface area contributed by atoms with E-state index in [-0.39, 0.29) is 17.4 Å². The first-order valence-corrected chi connectivity index (χ1v) is 13.4. The Hall–Kier alpha value is -2.62. The van der Waals surface area contributed by atoms with E-state index >= 15 is 0 Å². The van der Waals surface area contributed by atoms with Crippen molar-refractivity contribution in [2.45, 2.75) is 50.5 Å². The number of carbonyl (C=O) groups is 1. The van der Waals surface area contributed by atoms with Gasteiger partial charge in [0.05, 0.1) is 31.3 Å². The number of benzene rings is 2. The second-order valence-electron chi connectivity index (χ2n) is 8.66. The predicted molar refractivity (Wildman–Crippen MR) is 135 cm³/mol. The van der Waals surface area contributed by atoms with Crippen LogP contribution < -0.4 is 14.8 Å². The van der Waals surface area contributed by atoms with Gasteiger partial charge < -0.3 is 14.8 Å². The number of rotatable bonds is 12. The highest BCUT2D eigenvalue weighted by molar-refractivity contribution is 7.86. The number of ether oxygens (including phenoxy) is 2. The fourth-order valence-electron chi connectivity index (χ4n) is 4.53. The van der Waals surface area contributed by atoms with E-state index in [1.807, 2.05) is 0 Å². The zero-order valence-electron chi connectivity index (χ0n) is 21.0. The van der Waals surface area contributed by atoms with Crippen LogP contribution >= 0.6 is 0 Å². The lowest BCUT2D eigenvalue weighted by Crippen LogP contribution is -2.40. The van der Waals surface area contributed by atoms with Gasteiger partial charge in [-0.2, -0.15) is 8.42 Å². The summed E-state index contributed by atoms with van der Waals surface area (Å²) in [5.41, 5.74) is 1.87. The molecular weight excluding hydrogens is 468 g/mol. The van der Waals surface area contributed by atoms with E-state index < -0.39 is 10.1 Å². The van der Waals surface area contributed by atoms with Crippen molar-refractivity contribution >= 4 is 16.0 Å². The highest BCUT2D eigenvalue weighted by atomic mass is 32.2. The molecule has 1 saturated heterocycles. The number of aryl methyl sites for hydroxylation is 2. The molecule has 1 aliphatic heterocycles. The lowest BCUT2D eigenvalue weighted by molar-refractivity contribution is 0.0937. The highest BCUT2D eigenvalue weighted by Crippen LogP contribution is 2.33. The molecule has 9 heteroatoms. The Morgan fingerprint density at radius 2 is 1.94 bits per heavy atom. The number of amides is 1. The lowest BCUT2D eigenvalue weighted by atomic mass is 10.0. The quantitative estimate of drug-likeness (QED) is 0.349. The van der Waals surface area contributed by atoms with Crippen molar-refractivity contribution in [3.8, 4) is 11.5 Å². The van der Waals surface area contributed by atoms with Crippen LogP contribution in [0.5, 0.6) is 11.5 Å². The molecule has 0 bridgehead atoms. The second-order valence-corrected chi connectivity index (χ2v) is 10.2. The number of hydrogen-bond acceptors (Lipinski definition) is 7. The van der Waals surface area contributed by atoms with Crippen LogP contribution in [-0.2, 0) is 20.7 Å². The van der Waals surface area contributed by atoms with Crippen molar-refractivity contribution < 1.29 is 26.9 Å². The van der Waals surface area contributed by atoms with Gasteiger partial charge in [-0.25, -0.2) is 0 Å². The lowest BCUT2D eigenvalue weighted by Gasteiger charge is -2.23. The maximum absolute atomic E-state index is 13.1. The van der Waals surface area contributed by atoms with Crippen molar-refractivity contribution in [2.75, 3.05) is 40.5 Å². The number of carbonyl (C=O) groups excluding carboxylic acids is 1. The van der Waals surface area contributed by atoms with Gasteiger partial charge in [-0.3, -0.25) is 13.9 Å². The minimum Gasteiger partial charge on any atom is -0.493 e. The van der Waals surface area contributed by atoms with Gasteiger partial charge in [0, 0.05) is 12.6 Å². The molecule has 0 radical (unpaired) electrons. The summed E-state index contributed by atoms with van der Waals surface area (Å²) in [6.07, 6.45) is 3.17. The Balaban J connectivity index is 1.66. The number of nitrogens with one attached hydrogen (secondary N) is 1. The van der Waals surface area contributed by atoms with E-state index in [4.69, 9.17) is 13.7 Å². The summed E-state index contributed by atoms with van der Waals surface area (Å²) in [6, 6.07) is 10.7. The summed E-state index contributed by atoms with van der Waals surface area (Å²) in [6.45, 7) is 6.50. The summed E-state index contributed by atoms with van der Waals surface area (Å²) >= 11 is 0. The molecule has 2 aromatic carbocycles. The van der Waals surface area contributed by atoms with Crippen LogP contribution in [0.2, 0.25) is 0 Å². The Morgan fingerprint density at radius 3 is 2.63 bits per heavy atom. The standard InChI is InChI=1S/C26H36N2O6S/c1-5-28-14-8-12-21(28)18-27-26(29)22-16-20(17-23(32-3)25(22)33-4)11-9-15-34-35(30,31)24-13-7-6-10-19(24)2/h6-7,10,13,16-17,21H,5,8-9,11-12,14-15,18H2,1-4H3,(H,27,29)/t21-/m0/s1. The molecule has 0 aliphatic carbocycles. The molecule has 1 atom stereocenters. The van der Waals surface area contributed by atoms with E-state index in [2.05, 4.69) is 17.1 Å². The molecule has 1 heterocycles. The number of nitrogens with zero attached hydrogens (tertiary/aromatic N) is 1. The molecule has 0 spiro atoms. The van der Waals surface area contributed by atoms with Gasteiger partial charge in [-0.15, -0.1) is 0 Å². The van der Waals surface area contributed by atoms with E-state index in [1.54, 1.807) is 37.3 Å². The van der Waals surface area contributed by atoms with Gasteiger partial charge in [0.15, 0.2) is 11.5 Å². The number of likely N-dealkylation sites (tertiary alicyclic amines) is 1. The first kappa shape index (κ1) is 27.0. The fraction of sp³-hybridized carbons (Fsp3) is 0.500. The third-order valence-corrected chi connectivity index (χ3v) is 7.87. The first-order chi connectivity index (χ1) is 16.8. The zero-order chi connectivity index (χ0) is 25.4. The minimum atomic E-state index is -3.83. The molecule has 2 aromatic rings. The summed E-state index contributed by atoms with van der Waals surface area (Å²) in [5.74, 6) is 0.619. The maximum atomic E-state index is 13.1. The second kappa shape index (κ2) is 12.4. The van der Waals surface area contributed by atoms with Gasteiger partial charge in [0.25, 0.3) is 16.0 Å². The van der Waals surface area contributed by atoms with Gasteiger partial charge in [-0.1, -0.05) is 25.1 Å². The SMILES string of the molecule is CCN1CCC[C@H]1CNC(=O)c1cc(CCCOS(=O)(=O)c2ccccc2C)cc(OC)c1OC. The van der Waals surface area contributed by atoms with E-state index in [9.17, 15) is 13.2 Å². The van der Waals surface area contributed by atoms with Crippen molar-refractivity contribution in [1.82, 2.24) is 10.2 Å². The summed E-state index contributed by atoms with van der Waals surface area (Å²) < 4.78 is 41.2. The van der Waals surface area contributed by atoms with Crippen LogP contribution in [-0.4, -0.2) is 65.7 Å². The van der Waals surface area contributed by atoms with Gasteiger partial charge >= 0.3 is 0 Å². The maximum Gasteiger partial charge on any atom is 0.297 e. The Kier molecular flexibility index (Phi) is 9.54. The topological polar surface area (TPSA) is 94.2 Å². The number of methoxy groups -OCH3 is 2.